The van der Waals surface area contributed by atoms with Crippen LogP contribution < -0.4 is 5.32 Å². The van der Waals surface area contributed by atoms with Crippen LogP contribution in [-0.4, -0.2) is 5.91 Å². The predicted molar refractivity (Wildman–Crippen MR) is 86.4 cm³/mol. The third kappa shape index (κ3) is 3.63. The van der Waals surface area contributed by atoms with Crippen LogP contribution in [-0.2, 0) is 0 Å². The van der Waals surface area contributed by atoms with Gasteiger partial charge in [0.1, 0.15) is 11.6 Å². The molecule has 0 bridgehead atoms. The number of rotatable bonds is 4. The van der Waals surface area contributed by atoms with Crippen molar-refractivity contribution >= 4 is 17.2 Å². The van der Waals surface area contributed by atoms with E-state index in [0.717, 1.165) is 28.6 Å². The van der Waals surface area contributed by atoms with E-state index in [9.17, 15) is 13.6 Å². The zero-order chi connectivity index (χ0) is 16.2. The largest absolute Gasteiger partial charge is 0.340 e. The lowest BCUT2D eigenvalue weighted by Gasteiger charge is -2.18. The maximum Gasteiger partial charge on any atom is 0.252 e. The lowest BCUT2D eigenvalue weighted by atomic mass is 10.0. The average Bonchev–Trinajstić information content (AvgIpc) is 3.06. The Morgan fingerprint density at radius 3 is 2.26 bits per heavy atom. The van der Waals surface area contributed by atoms with Crippen molar-refractivity contribution in [3.05, 3.63) is 93.7 Å². The van der Waals surface area contributed by atoms with E-state index < -0.39 is 17.5 Å². The zero-order valence-electron chi connectivity index (χ0n) is 12.0. The Labute approximate surface area is 136 Å². The van der Waals surface area contributed by atoms with Crippen LogP contribution in [0.25, 0.3) is 0 Å². The highest BCUT2D eigenvalue weighted by Gasteiger charge is 2.19. The monoisotopic (exact) mass is 329 g/mol. The van der Waals surface area contributed by atoms with Gasteiger partial charge in [-0.05, 0) is 29.1 Å². The van der Waals surface area contributed by atoms with Crippen molar-refractivity contribution in [3.63, 3.8) is 0 Å². The molecule has 2 nitrogen and oxygen atoms in total. The fourth-order valence-corrected chi connectivity index (χ4v) is 3.12. The van der Waals surface area contributed by atoms with Gasteiger partial charge in [-0.25, -0.2) is 8.78 Å². The molecule has 0 aliphatic rings. The van der Waals surface area contributed by atoms with Crippen molar-refractivity contribution in [3.8, 4) is 0 Å². The van der Waals surface area contributed by atoms with E-state index in [1.807, 2.05) is 47.8 Å². The van der Waals surface area contributed by atoms with Crippen LogP contribution in [0.1, 0.15) is 26.8 Å². The van der Waals surface area contributed by atoms with Gasteiger partial charge in [-0.2, -0.15) is 0 Å². The third-order valence-corrected chi connectivity index (χ3v) is 4.30. The van der Waals surface area contributed by atoms with E-state index in [1.165, 1.54) is 11.3 Å². The molecule has 0 aliphatic heterocycles. The molecule has 2 aromatic carbocycles. The molecular formula is C18H13F2NOS. The zero-order valence-corrected chi connectivity index (χ0v) is 12.8. The van der Waals surface area contributed by atoms with Gasteiger partial charge in [0.05, 0.1) is 6.04 Å². The Kier molecular flexibility index (Phi) is 4.48. The van der Waals surface area contributed by atoms with Crippen LogP contribution in [0, 0.1) is 11.6 Å². The molecule has 1 atom stereocenters. The van der Waals surface area contributed by atoms with Crippen LogP contribution >= 0.6 is 11.3 Å². The fraction of sp³-hybridized carbons (Fsp3) is 0.0556. The lowest BCUT2D eigenvalue weighted by molar-refractivity contribution is 0.0942. The van der Waals surface area contributed by atoms with Crippen molar-refractivity contribution < 1.29 is 13.6 Å². The summed E-state index contributed by atoms with van der Waals surface area (Å²) >= 11 is 1.51. The summed E-state index contributed by atoms with van der Waals surface area (Å²) in [6.07, 6.45) is 0. The highest BCUT2D eigenvalue weighted by molar-refractivity contribution is 7.10. The Balaban J connectivity index is 1.91. The molecular weight excluding hydrogens is 316 g/mol. The maximum atomic E-state index is 13.3. The van der Waals surface area contributed by atoms with Crippen LogP contribution in [0.3, 0.4) is 0 Å². The second-order valence-electron chi connectivity index (χ2n) is 4.99. The van der Waals surface area contributed by atoms with Gasteiger partial charge in [0.2, 0.25) is 0 Å². The number of benzene rings is 2. The minimum atomic E-state index is -0.775. The molecule has 3 aromatic rings. The molecule has 116 valence electrons. The summed E-state index contributed by atoms with van der Waals surface area (Å²) in [5.74, 6) is -2.07. The number of nitrogens with one attached hydrogen (secondary N) is 1. The van der Waals surface area contributed by atoms with Crippen LogP contribution in [0.5, 0.6) is 0 Å². The number of carbonyl (C=O) groups excluding carboxylic acids is 1. The van der Waals surface area contributed by atoms with Crippen LogP contribution in [0.15, 0.2) is 66.0 Å². The summed E-state index contributed by atoms with van der Waals surface area (Å²) in [5.41, 5.74) is 0.861. The Morgan fingerprint density at radius 2 is 1.65 bits per heavy atom. The number of thiophene rings is 1. The Bertz CT molecular complexity index is 783. The quantitative estimate of drug-likeness (QED) is 0.748. The molecule has 1 N–H and O–H groups in total. The number of amides is 1. The molecule has 1 aromatic heterocycles. The minimum Gasteiger partial charge on any atom is -0.340 e. The van der Waals surface area contributed by atoms with E-state index >= 15 is 0 Å². The van der Waals surface area contributed by atoms with Crippen LogP contribution in [0.2, 0.25) is 0 Å². The van der Waals surface area contributed by atoms with Gasteiger partial charge in [0.25, 0.3) is 5.91 Å². The molecule has 0 fully saturated rings. The van der Waals surface area contributed by atoms with Gasteiger partial charge in [0, 0.05) is 16.5 Å². The van der Waals surface area contributed by atoms with Gasteiger partial charge in [0.15, 0.2) is 0 Å². The van der Waals surface area contributed by atoms with Gasteiger partial charge in [-0.1, -0.05) is 36.4 Å². The van der Waals surface area contributed by atoms with E-state index in [1.54, 1.807) is 0 Å². The number of hydrogen-bond donors (Lipinski definition) is 1. The molecule has 0 saturated carbocycles. The molecule has 0 saturated heterocycles. The van der Waals surface area contributed by atoms with Crippen molar-refractivity contribution in [2.24, 2.45) is 0 Å². The van der Waals surface area contributed by atoms with Crippen molar-refractivity contribution in [2.45, 2.75) is 6.04 Å². The summed E-state index contributed by atoms with van der Waals surface area (Å²) in [6, 6.07) is 15.7. The summed E-state index contributed by atoms with van der Waals surface area (Å²) in [4.78, 5) is 13.3. The SMILES string of the molecule is O=C(N[C@@H](c1ccccc1)c1cccs1)c1cc(F)cc(F)c1. The first-order valence-corrected chi connectivity index (χ1v) is 7.87. The average molecular weight is 329 g/mol. The highest BCUT2D eigenvalue weighted by atomic mass is 32.1. The van der Waals surface area contributed by atoms with Crippen molar-refractivity contribution in [1.82, 2.24) is 5.32 Å². The molecule has 5 heteroatoms. The van der Waals surface area contributed by atoms with Gasteiger partial charge in [-0.15, -0.1) is 11.3 Å². The first-order valence-electron chi connectivity index (χ1n) is 6.99. The standard InChI is InChI=1S/C18H13F2NOS/c19-14-9-13(10-15(20)11-14)18(22)21-17(16-7-4-8-23-16)12-5-2-1-3-6-12/h1-11,17H,(H,21,22)/t17-/m0/s1. The van der Waals surface area contributed by atoms with Crippen molar-refractivity contribution in [1.29, 1.82) is 0 Å². The number of carbonyl (C=O) groups is 1. The van der Waals surface area contributed by atoms with Gasteiger partial charge < -0.3 is 5.32 Å². The first kappa shape index (κ1) is 15.4. The molecule has 0 unspecified atom stereocenters. The normalized spacial score (nSPS) is 11.9. The van der Waals surface area contributed by atoms with E-state index in [4.69, 9.17) is 0 Å². The minimum absolute atomic E-state index is 0.0417. The molecule has 3 rings (SSSR count). The molecule has 0 aliphatic carbocycles. The molecule has 1 amide bonds. The topological polar surface area (TPSA) is 29.1 Å². The predicted octanol–water partition coefficient (Wildman–Crippen LogP) is 4.55. The van der Waals surface area contributed by atoms with E-state index in [2.05, 4.69) is 5.32 Å². The summed E-state index contributed by atoms with van der Waals surface area (Å²) in [7, 11) is 0. The molecule has 1 heterocycles. The highest BCUT2D eigenvalue weighted by Crippen LogP contribution is 2.26. The second kappa shape index (κ2) is 6.71. The lowest BCUT2D eigenvalue weighted by Crippen LogP contribution is -2.29. The smallest absolute Gasteiger partial charge is 0.252 e. The van der Waals surface area contributed by atoms with Gasteiger partial charge in [-0.3, -0.25) is 4.79 Å². The molecule has 23 heavy (non-hydrogen) atoms. The fourth-order valence-electron chi connectivity index (χ4n) is 2.32. The van der Waals surface area contributed by atoms with Crippen LogP contribution in [0.4, 0.5) is 8.78 Å². The Hall–Kier alpha value is -2.53. The second-order valence-corrected chi connectivity index (χ2v) is 5.97. The maximum absolute atomic E-state index is 13.3. The summed E-state index contributed by atoms with van der Waals surface area (Å²) in [5, 5.41) is 4.76. The van der Waals surface area contributed by atoms with E-state index in [0.29, 0.717) is 0 Å². The summed E-state index contributed by atoms with van der Waals surface area (Å²) < 4.78 is 26.6. The van der Waals surface area contributed by atoms with E-state index in [-0.39, 0.29) is 11.6 Å². The molecule has 0 spiro atoms. The number of hydrogen-bond acceptors (Lipinski definition) is 2. The first-order chi connectivity index (χ1) is 11.1. The Morgan fingerprint density at radius 1 is 0.957 bits per heavy atom. The molecule has 0 radical (unpaired) electrons. The number of halogens is 2. The summed E-state index contributed by atoms with van der Waals surface area (Å²) in [6.45, 7) is 0. The van der Waals surface area contributed by atoms with Crippen molar-refractivity contribution in [2.75, 3.05) is 0 Å². The third-order valence-electron chi connectivity index (χ3n) is 3.36. The van der Waals surface area contributed by atoms with Gasteiger partial charge >= 0.3 is 0 Å².